The summed E-state index contributed by atoms with van der Waals surface area (Å²) in [7, 11) is 0.358. The molecule has 0 bridgehead atoms. The van der Waals surface area contributed by atoms with Crippen LogP contribution in [0.25, 0.3) is 0 Å². The van der Waals surface area contributed by atoms with E-state index in [4.69, 9.17) is 4.74 Å². The lowest BCUT2D eigenvalue weighted by Crippen LogP contribution is -2.24. The minimum atomic E-state index is -2.86. The summed E-state index contributed by atoms with van der Waals surface area (Å²) in [4.78, 5) is 0. The number of benzene rings is 1. The number of methoxy groups -OCH3 is 1. The fraction of sp³-hybridized carbons (Fsp3) is 0.400. The van der Waals surface area contributed by atoms with Gasteiger partial charge in [-0.1, -0.05) is 12.1 Å². The van der Waals surface area contributed by atoms with Crippen molar-refractivity contribution in [3.05, 3.63) is 29.8 Å². The van der Waals surface area contributed by atoms with Crippen LogP contribution in [0.4, 0.5) is 0 Å². The molecule has 84 valence electrons. The molecule has 0 aliphatic heterocycles. The van der Waals surface area contributed by atoms with E-state index < -0.39 is 10.0 Å². The SMILES string of the molecule is COc1ccc(CN(C)S(C)(=O)=[OH+])cc1. The van der Waals surface area contributed by atoms with Gasteiger partial charge in [0.15, 0.2) is 0 Å². The van der Waals surface area contributed by atoms with Crippen LogP contribution in [0.1, 0.15) is 5.56 Å². The zero-order chi connectivity index (χ0) is 11.5. The average molecular weight is 230 g/mol. The Morgan fingerprint density at radius 3 is 2.33 bits per heavy atom. The van der Waals surface area contributed by atoms with Crippen LogP contribution in [-0.2, 0) is 16.6 Å². The lowest BCUT2D eigenvalue weighted by atomic mass is 10.2. The number of rotatable bonds is 4. The number of hydrogen-bond donors (Lipinski definition) is 0. The molecule has 0 aromatic heterocycles. The number of ether oxygens (including phenoxy) is 1. The lowest BCUT2D eigenvalue weighted by Gasteiger charge is -2.10. The van der Waals surface area contributed by atoms with Crippen molar-refractivity contribution < 1.29 is 13.2 Å². The molecule has 0 saturated carbocycles. The first-order valence-electron chi connectivity index (χ1n) is 4.49. The minimum absolute atomic E-state index is 0.440. The second kappa shape index (κ2) is 4.63. The van der Waals surface area contributed by atoms with Gasteiger partial charge in [-0.15, -0.1) is 0 Å². The molecule has 0 heterocycles. The molecule has 0 saturated heterocycles. The Bertz CT molecular complexity index is 411. The van der Waals surface area contributed by atoms with Crippen LogP contribution in [0.5, 0.6) is 5.75 Å². The maximum Gasteiger partial charge on any atom is 0.342 e. The van der Waals surface area contributed by atoms with E-state index in [2.05, 4.69) is 0 Å². The lowest BCUT2D eigenvalue weighted by molar-refractivity contribution is 0.414. The second-order valence-corrected chi connectivity index (χ2v) is 5.55. The van der Waals surface area contributed by atoms with Crippen molar-refractivity contribution in [2.45, 2.75) is 6.54 Å². The highest BCUT2D eigenvalue weighted by Crippen LogP contribution is 2.13. The summed E-state index contributed by atoms with van der Waals surface area (Å²) >= 11 is 0. The topological polar surface area (TPSA) is 50.9 Å². The predicted octanol–water partition coefficient (Wildman–Crippen LogP) is 1.24. The van der Waals surface area contributed by atoms with Gasteiger partial charge in [-0.3, -0.25) is 0 Å². The van der Waals surface area contributed by atoms with Crippen molar-refractivity contribution in [2.24, 2.45) is 0 Å². The van der Waals surface area contributed by atoms with E-state index in [1.165, 1.54) is 10.6 Å². The first-order valence-corrected chi connectivity index (χ1v) is 6.37. The maximum absolute atomic E-state index is 11.3. The standard InChI is InChI=1S/C10H15NO3S/c1-11(15(3,12)13)8-9-4-6-10(14-2)7-5-9/h4-7H,8H2,1-3H3/p+1. The summed E-state index contributed by atoms with van der Waals surface area (Å²) < 4.78 is 27.0. The van der Waals surface area contributed by atoms with Crippen LogP contribution in [0, 0.1) is 0 Å². The van der Waals surface area contributed by atoms with Gasteiger partial charge < -0.3 is 4.74 Å². The Balaban J connectivity index is 2.74. The highest BCUT2D eigenvalue weighted by molar-refractivity contribution is 7.88. The van der Waals surface area contributed by atoms with Gasteiger partial charge in [-0.2, -0.15) is 8.51 Å². The molecule has 1 atom stereocenters. The number of nitrogens with zero attached hydrogens (tertiary/aromatic N) is 1. The molecular weight excluding hydrogens is 214 g/mol. The van der Waals surface area contributed by atoms with E-state index in [-0.39, 0.29) is 0 Å². The van der Waals surface area contributed by atoms with Gasteiger partial charge in [0.2, 0.25) is 0 Å². The smallest absolute Gasteiger partial charge is 0.342 e. The van der Waals surface area contributed by atoms with Crippen molar-refractivity contribution in [2.75, 3.05) is 20.4 Å². The van der Waals surface area contributed by atoms with Gasteiger partial charge in [-0.05, 0) is 17.7 Å². The molecule has 0 aliphatic rings. The molecule has 0 spiro atoms. The van der Waals surface area contributed by atoms with Gasteiger partial charge in [0.05, 0.1) is 7.11 Å². The van der Waals surface area contributed by atoms with Gasteiger partial charge in [0.25, 0.3) is 0 Å². The molecular formula is C10H16NO3S+. The van der Waals surface area contributed by atoms with Gasteiger partial charge >= 0.3 is 10.0 Å². The van der Waals surface area contributed by atoms with Crippen LogP contribution in [0.15, 0.2) is 24.3 Å². The van der Waals surface area contributed by atoms with Crippen molar-refractivity contribution in [3.8, 4) is 5.75 Å². The van der Waals surface area contributed by atoms with Crippen molar-refractivity contribution in [1.29, 1.82) is 0 Å². The Morgan fingerprint density at radius 1 is 1.40 bits per heavy atom. The summed E-state index contributed by atoms with van der Waals surface area (Å²) in [6, 6.07) is 7.41. The maximum atomic E-state index is 11.3. The summed E-state index contributed by atoms with van der Waals surface area (Å²) in [5.74, 6) is 0.780. The highest BCUT2D eigenvalue weighted by Gasteiger charge is 2.16. The molecule has 0 amide bonds. The molecule has 15 heavy (non-hydrogen) atoms. The zero-order valence-corrected chi connectivity index (χ0v) is 9.95. The number of hydrogen-bond acceptors (Lipinski definition) is 2. The largest absolute Gasteiger partial charge is 0.497 e. The Hall–Kier alpha value is -1.07. The van der Waals surface area contributed by atoms with Crippen molar-refractivity contribution >= 4 is 10.0 Å². The molecule has 1 aromatic rings. The van der Waals surface area contributed by atoms with Crippen LogP contribution >= 0.6 is 0 Å². The first-order chi connectivity index (χ1) is 6.93. The Labute approximate surface area is 90.5 Å². The fourth-order valence-corrected chi connectivity index (χ4v) is 1.50. The van der Waals surface area contributed by atoms with Crippen molar-refractivity contribution in [3.63, 3.8) is 0 Å². The van der Waals surface area contributed by atoms with E-state index in [1.54, 1.807) is 14.2 Å². The molecule has 0 aliphatic carbocycles. The van der Waals surface area contributed by atoms with Gasteiger partial charge in [0, 0.05) is 13.6 Å². The summed E-state index contributed by atoms with van der Waals surface area (Å²) in [5, 5.41) is 0. The molecule has 1 aromatic carbocycles. The van der Waals surface area contributed by atoms with Crippen LogP contribution in [0.3, 0.4) is 0 Å². The third kappa shape index (κ3) is 3.53. The zero-order valence-electron chi connectivity index (χ0n) is 9.14. The molecule has 1 unspecified atom stereocenters. The van der Waals surface area contributed by atoms with E-state index in [0.29, 0.717) is 6.54 Å². The Morgan fingerprint density at radius 2 is 1.93 bits per heavy atom. The Kier molecular flexibility index (Phi) is 3.71. The quantitative estimate of drug-likeness (QED) is 0.731. The summed E-state index contributed by atoms with van der Waals surface area (Å²) in [6.07, 6.45) is 1.30. The van der Waals surface area contributed by atoms with E-state index >= 15 is 0 Å². The third-order valence-electron chi connectivity index (χ3n) is 2.14. The third-order valence-corrected chi connectivity index (χ3v) is 3.43. The second-order valence-electron chi connectivity index (χ2n) is 3.40. The fourth-order valence-electron chi connectivity index (χ4n) is 1.11. The first kappa shape index (κ1) is 12.0. The molecule has 0 radical (unpaired) electrons. The van der Waals surface area contributed by atoms with Gasteiger partial charge in [0.1, 0.15) is 12.0 Å². The van der Waals surface area contributed by atoms with Crippen LogP contribution in [0.2, 0.25) is 0 Å². The molecule has 1 N–H and O–H groups in total. The van der Waals surface area contributed by atoms with E-state index in [0.717, 1.165) is 11.3 Å². The summed E-state index contributed by atoms with van der Waals surface area (Å²) in [5.41, 5.74) is 0.974. The van der Waals surface area contributed by atoms with Gasteiger partial charge in [-0.25, -0.2) is 4.21 Å². The van der Waals surface area contributed by atoms with Crippen molar-refractivity contribution in [1.82, 2.24) is 4.31 Å². The van der Waals surface area contributed by atoms with Crippen LogP contribution < -0.4 is 4.74 Å². The highest BCUT2D eigenvalue weighted by atomic mass is 32.2. The van der Waals surface area contributed by atoms with E-state index in [1.807, 2.05) is 24.3 Å². The summed E-state index contributed by atoms with van der Waals surface area (Å²) in [6.45, 7) is 0.440. The monoisotopic (exact) mass is 230 g/mol. The normalized spacial score (nSPS) is 14.9. The molecule has 4 nitrogen and oxygen atoms in total. The minimum Gasteiger partial charge on any atom is -0.497 e. The molecule has 0 fully saturated rings. The van der Waals surface area contributed by atoms with Crippen LogP contribution in [-0.4, -0.2) is 33.1 Å². The average Bonchev–Trinajstić information content (AvgIpc) is 2.17. The predicted molar refractivity (Wildman–Crippen MR) is 60.5 cm³/mol. The molecule has 5 heteroatoms. The molecule has 1 rings (SSSR count). The van der Waals surface area contributed by atoms with E-state index in [9.17, 15) is 8.42 Å².